The van der Waals surface area contributed by atoms with E-state index >= 15 is 0 Å². The van der Waals surface area contributed by atoms with Crippen LogP contribution in [-0.2, 0) is 0 Å². The molecular weight excluding hydrogens is 294 g/mol. The summed E-state index contributed by atoms with van der Waals surface area (Å²) in [4.78, 5) is 8.14. The van der Waals surface area contributed by atoms with E-state index in [-0.39, 0.29) is 5.92 Å². The third kappa shape index (κ3) is 2.75. The van der Waals surface area contributed by atoms with Crippen LogP contribution in [0.15, 0.2) is 47.2 Å². The van der Waals surface area contributed by atoms with E-state index in [2.05, 4.69) is 25.9 Å². The van der Waals surface area contributed by atoms with Gasteiger partial charge in [-0.05, 0) is 17.7 Å². The van der Waals surface area contributed by atoms with Crippen molar-refractivity contribution in [2.45, 2.75) is 12.0 Å². The molecule has 0 saturated carbocycles. The molecule has 0 saturated heterocycles. The monoisotopic (exact) mass is 307 g/mol. The highest BCUT2D eigenvalue weighted by atomic mass is 79.9. The Morgan fingerprint density at radius 1 is 1.17 bits per heavy atom. The molecule has 1 heterocycles. The van der Waals surface area contributed by atoms with Gasteiger partial charge in [-0.2, -0.15) is 0 Å². The summed E-state index contributed by atoms with van der Waals surface area (Å²) in [6.45, 7) is 0.321. The first kappa shape index (κ1) is 13.1. The second kappa shape index (κ2) is 6.04. The van der Waals surface area contributed by atoms with E-state index in [1.807, 2.05) is 24.3 Å². The summed E-state index contributed by atoms with van der Waals surface area (Å²) in [5.41, 5.74) is 6.73. The van der Waals surface area contributed by atoms with Crippen molar-refractivity contribution in [3.63, 3.8) is 0 Å². The van der Waals surface area contributed by atoms with Crippen LogP contribution in [0.4, 0.5) is 0 Å². The third-order valence-electron chi connectivity index (χ3n) is 2.79. The maximum atomic E-state index is 10.3. The number of aromatic nitrogens is 2. The molecule has 0 bridgehead atoms. The minimum Gasteiger partial charge on any atom is -0.384 e. The van der Waals surface area contributed by atoms with E-state index in [9.17, 15) is 5.11 Å². The lowest BCUT2D eigenvalue weighted by Crippen LogP contribution is -2.22. The summed E-state index contributed by atoms with van der Waals surface area (Å²) in [7, 11) is 0. The highest BCUT2D eigenvalue weighted by Crippen LogP contribution is 2.32. The van der Waals surface area contributed by atoms with Gasteiger partial charge >= 0.3 is 0 Å². The Morgan fingerprint density at radius 3 is 2.44 bits per heavy atom. The molecule has 2 rings (SSSR count). The van der Waals surface area contributed by atoms with E-state index in [1.54, 1.807) is 18.5 Å². The highest BCUT2D eigenvalue weighted by molar-refractivity contribution is 9.10. The summed E-state index contributed by atoms with van der Waals surface area (Å²) in [6.07, 6.45) is 2.41. The van der Waals surface area contributed by atoms with Gasteiger partial charge in [-0.15, -0.1) is 0 Å². The van der Waals surface area contributed by atoms with E-state index in [4.69, 9.17) is 5.73 Å². The highest BCUT2D eigenvalue weighted by Gasteiger charge is 2.24. The number of nitrogens with zero attached hydrogens (tertiary/aromatic N) is 2. The van der Waals surface area contributed by atoms with Gasteiger partial charge in [-0.25, -0.2) is 9.97 Å². The molecular formula is C13H14BrN3O. The van der Waals surface area contributed by atoms with Crippen molar-refractivity contribution in [1.29, 1.82) is 0 Å². The molecule has 2 atom stereocenters. The van der Waals surface area contributed by atoms with Gasteiger partial charge in [0.25, 0.3) is 0 Å². The number of nitrogens with two attached hydrogens (primary N) is 1. The number of benzene rings is 1. The second-order valence-corrected chi connectivity index (χ2v) is 4.77. The number of aliphatic hydroxyl groups excluding tert-OH is 1. The van der Waals surface area contributed by atoms with Crippen LogP contribution in [0, 0.1) is 0 Å². The van der Waals surface area contributed by atoms with Gasteiger partial charge in [-0.3, -0.25) is 0 Å². The maximum Gasteiger partial charge on any atom is 0.157 e. The summed E-state index contributed by atoms with van der Waals surface area (Å²) in [6, 6.07) is 9.42. The predicted octanol–water partition coefficient (Wildman–Crippen LogP) is 2.01. The minimum absolute atomic E-state index is 0.233. The molecule has 0 amide bonds. The summed E-state index contributed by atoms with van der Waals surface area (Å²) in [5, 5.41) is 10.3. The zero-order valence-corrected chi connectivity index (χ0v) is 11.3. The Morgan fingerprint density at radius 2 is 1.83 bits per heavy atom. The van der Waals surface area contributed by atoms with Gasteiger partial charge in [0.1, 0.15) is 6.10 Å². The number of halogens is 1. The Kier molecular flexibility index (Phi) is 4.41. The molecule has 0 fully saturated rings. The van der Waals surface area contributed by atoms with E-state index in [1.165, 1.54) is 0 Å². The quantitative estimate of drug-likeness (QED) is 0.906. The van der Waals surface area contributed by atoms with Crippen LogP contribution in [0.1, 0.15) is 23.4 Å². The molecule has 18 heavy (non-hydrogen) atoms. The van der Waals surface area contributed by atoms with Crippen molar-refractivity contribution in [2.24, 2.45) is 5.73 Å². The van der Waals surface area contributed by atoms with Crippen LogP contribution in [0.2, 0.25) is 0 Å². The van der Waals surface area contributed by atoms with Crippen LogP contribution in [-0.4, -0.2) is 21.6 Å². The van der Waals surface area contributed by atoms with Gasteiger partial charge in [0, 0.05) is 29.3 Å². The number of rotatable bonds is 4. The summed E-state index contributed by atoms with van der Waals surface area (Å²) in [5.74, 6) is 0.159. The number of hydrogen-bond acceptors (Lipinski definition) is 4. The van der Waals surface area contributed by atoms with Crippen LogP contribution in [0.25, 0.3) is 0 Å². The standard InChI is InChI=1S/C13H14BrN3O/c14-11-5-2-1-4-9(11)10(8-15)12(18)13-16-6-3-7-17-13/h1-7,10,12,18H,8,15H2. The number of hydrogen-bond donors (Lipinski definition) is 2. The zero-order chi connectivity index (χ0) is 13.0. The first-order valence-electron chi connectivity index (χ1n) is 5.63. The molecule has 4 nitrogen and oxygen atoms in total. The van der Waals surface area contributed by atoms with Gasteiger partial charge in [0.15, 0.2) is 5.82 Å². The molecule has 94 valence electrons. The average molecular weight is 308 g/mol. The van der Waals surface area contributed by atoms with Crippen molar-refractivity contribution in [2.75, 3.05) is 6.54 Å². The van der Waals surface area contributed by atoms with Crippen LogP contribution in [0.3, 0.4) is 0 Å². The normalized spacial score (nSPS) is 14.2. The molecule has 0 radical (unpaired) electrons. The molecule has 3 N–H and O–H groups in total. The number of aliphatic hydroxyl groups is 1. The molecule has 0 spiro atoms. The Labute approximate surface area is 114 Å². The molecule has 0 aliphatic carbocycles. The first-order valence-corrected chi connectivity index (χ1v) is 6.42. The summed E-state index contributed by atoms with van der Waals surface area (Å²) < 4.78 is 0.926. The molecule has 1 aromatic heterocycles. The lowest BCUT2D eigenvalue weighted by Gasteiger charge is -2.21. The first-order chi connectivity index (χ1) is 8.74. The second-order valence-electron chi connectivity index (χ2n) is 3.92. The fourth-order valence-corrected chi connectivity index (χ4v) is 2.42. The smallest absolute Gasteiger partial charge is 0.157 e. The lowest BCUT2D eigenvalue weighted by atomic mass is 9.93. The zero-order valence-electron chi connectivity index (χ0n) is 9.70. The van der Waals surface area contributed by atoms with Crippen LogP contribution in [0.5, 0.6) is 0 Å². The fraction of sp³-hybridized carbons (Fsp3) is 0.231. The molecule has 2 unspecified atom stereocenters. The molecule has 0 aliphatic rings. The predicted molar refractivity (Wildman–Crippen MR) is 72.9 cm³/mol. The SMILES string of the molecule is NCC(c1ccccc1Br)C(O)c1ncccn1. The van der Waals surface area contributed by atoms with Crippen molar-refractivity contribution < 1.29 is 5.11 Å². The topological polar surface area (TPSA) is 72.0 Å². The third-order valence-corrected chi connectivity index (χ3v) is 3.51. The van der Waals surface area contributed by atoms with Crippen LogP contribution >= 0.6 is 15.9 Å². The minimum atomic E-state index is -0.810. The van der Waals surface area contributed by atoms with Gasteiger partial charge in [0.2, 0.25) is 0 Å². The lowest BCUT2D eigenvalue weighted by molar-refractivity contribution is 0.137. The van der Waals surface area contributed by atoms with E-state index < -0.39 is 6.10 Å². The van der Waals surface area contributed by atoms with Crippen LogP contribution < -0.4 is 5.73 Å². The molecule has 0 aliphatic heterocycles. The molecule has 1 aromatic carbocycles. The van der Waals surface area contributed by atoms with Gasteiger partial charge in [-0.1, -0.05) is 34.1 Å². The van der Waals surface area contributed by atoms with Crippen molar-refractivity contribution in [3.8, 4) is 0 Å². The summed E-state index contributed by atoms with van der Waals surface area (Å²) >= 11 is 3.47. The van der Waals surface area contributed by atoms with E-state index in [0.717, 1.165) is 10.0 Å². The van der Waals surface area contributed by atoms with Crippen molar-refractivity contribution >= 4 is 15.9 Å². The maximum absolute atomic E-state index is 10.3. The molecule has 5 heteroatoms. The van der Waals surface area contributed by atoms with Crippen molar-refractivity contribution in [3.05, 3.63) is 58.6 Å². The van der Waals surface area contributed by atoms with Gasteiger partial charge < -0.3 is 10.8 Å². The Bertz CT molecular complexity index is 507. The van der Waals surface area contributed by atoms with Crippen molar-refractivity contribution in [1.82, 2.24) is 9.97 Å². The van der Waals surface area contributed by atoms with E-state index in [0.29, 0.717) is 12.4 Å². The average Bonchev–Trinajstić information content (AvgIpc) is 2.42. The van der Waals surface area contributed by atoms with Gasteiger partial charge in [0.05, 0.1) is 0 Å². The largest absolute Gasteiger partial charge is 0.384 e. The Hall–Kier alpha value is -1.30. The fourth-order valence-electron chi connectivity index (χ4n) is 1.85. The Balaban J connectivity index is 2.32. The molecule has 2 aromatic rings.